The monoisotopic (exact) mass is 463 g/mol. The van der Waals surface area contributed by atoms with Crippen LogP contribution in [-0.4, -0.2) is 48.4 Å². The second-order valence-corrected chi connectivity index (χ2v) is 8.70. The Bertz CT molecular complexity index is 1060. The molecule has 3 rings (SSSR count). The van der Waals surface area contributed by atoms with Crippen molar-refractivity contribution in [3.05, 3.63) is 65.2 Å². The van der Waals surface area contributed by atoms with Crippen LogP contribution in [-0.2, 0) is 9.59 Å². The van der Waals surface area contributed by atoms with Crippen LogP contribution < -0.4 is 15.4 Å². The first kappa shape index (κ1) is 25.0. The normalized spacial score (nSPS) is 16.7. The van der Waals surface area contributed by atoms with Gasteiger partial charge >= 0.3 is 0 Å². The lowest BCUT2D eigenvalue weighted by atomic mass is 10.0. The maximum atomic E-state index is 12.9. The fourth-order valence-corrected chi connectivity index (χ4v) is 3.96. The molecule has 0 bridgehead atoms. The first-order valence-corrected chi connectivity index (χ1v) is 11.6. The molecule has 2 aromatic rings. The van der Waals surface area contributed by atoms with E-state index in [1.807, 2.05) is 36.1 Å². The molecule has 2 aromatic carbocycles. The minimum atomic E-state index is -0.733. The van der Waals surface area contributed by atoms with Crippen molar-refractivity contribution in [3.8, 4) is 5.75 Å². The van der Waals surface area contributed by atoms with Gasteiger partial charge in [-0.2, -0.15) is 0 Å². The van der Waals surface area contributed by atoms with Crippen molar-refractivity contribution in [2.45, 2.75) is 52.1 Å². The largest absolute Gasteiger partial charge is 0.497 e. The molecule has 0 aliphatic carbocycles. The predicted molar refractivity (Wildman–Crippen MR) is 134 cm³/mol. The minimum absolute atomic E-state index is 0.0254. The summed E-state index contributed by atoms with van der Waals surface area (Å²) in [6, 6.07) is 12.1. The summed E-state index contributed by atoms with van der Waals surface area (Å²) in [6.45, 7) is 6.34. The van der Waals surface area contributed by atoms with E-state index in [1.165, 1.54) is 6.08 Å². The van der Waals surface area contributed by atoms with Gasteiger partial charge in [-0.15, -0.1) is 0 Å². The van der Waals surface area contributed by atoms with Gasteiger partial charge in [-0.3, -0.25) is 14.4 Å². The zero-order chi connectivity index (χ0) is 24.7. The van der Waals surface area contributed by atoms with Gasteiger partial charge < -0.3 is 20.3 Å². The Morgan fingerprint density at radius 3 is 2.50 bits per heavy atom. The highest BCUT2D eigenvalue weighted by Crippen LogP contribution is 2.22. The van der Waals surface area contributed by atoms with Gasteiger partial charge in [0.25, 0.3) is 5.91 Å². The average Bonchev–Trinajstić information content (AvgIpc) is 2.84. The second-order valence-electron chi connectivity index (χ2n) is 8.70. The molecule has 7 heteroatoms. The number of nitrogens with one attached hydrogen (secondary N) is 2. The van der Waals surface area contributed by atoms with Crippen molar-refractivity contribution >= 4 is 29.5 Å². The summed E-state index contributed by atoms with van der Waals surface area (Å²) >= 11 is 0. The van der Waals surface area contributed by atoms with Gasteiger partial charge in [-0.1, -0.05) is 12.1 Å². The van der Waals surface area contributed by atoms with E-state index in [9.17, 15) is 14.4 Å². The van der Waals surface area contributed by atoms with E-state index in [2.05, 4.69) is 17.6 Å². The summed E-state index contributed by atoms with van der Waals surface area (Å²) in [5, 5.41) is 5.51. The van der Waals surface area contributed by atoms with Crippen molar-refractivity contribution in [2.75, 3.05) is 19.0 Å². The van der Waals surface area contributed by atoms with E-state index in [-0.39, 0.29) is 23.8 Å². The number of carbonyl (C=O) groups excluding carboxylic acids is 3. The standard InChI is InChI=1S/C27H33N3O4/c1-18-17-22(27(33)30-16-6-5-7-19(30)2)11-14-24(18)29-26(32)20(3)28-25(31)15-10-21-8-12-23(34-4)13-9-21/h8-15,17,19-20H,5-7,16H2,1-4H3,(H,28,31)(H,29,32)/b15-10+. The summed E-state index contributed by atoms with van der Waals surface area (Å²) < 4.78 is 5.11. The predicted octanol–water partition coefficient (Wildman–Crippen LogP) is 4.17. The Morgan fingerprint density at radius 1 is 1.12 bits per heavy atom. The number of aryl methyl sites for hydroxylation is 1. The first-order valence-electron chi connectivity index (χ1n) is 11.6. The molecule has 2 N–H and O–H groups in total. The van der Waals surface area contributed by atoms with Crippen LogP contribution >= 0.6 is 0 Å². The SMILES string of the molecule is COc1ccc(/C=C/C(=O)NC(C)C(=O)Nc2ccc(C(=O)N3CCCCC3C)cc2C)cc1. The van der Waals surface area contributed by atoms with Crippen LogP contribution in [0.2, 0.25) is 0 Å². The molecule has 0 spiro atoms. The molecular formula is C27H33N3O4. The molecule has 34 heavy (non-hydrogen) atoms. The molecule has 1 heterocycles. The zero-order valence-corrected chi connectivity index (χ0v) is 20.3. The van der Waals surface area contributed by atoms with Crippen LogP contribution in [0.5, 0.6) is 5.75 Å². The van der Waals surface area contributed by atoms with E-state index < -0.39 is 6.04 Å². The maximum absolute atomic E-state index is 12.9. The molecule has 0 aromatic heterocycles. The van der Waals surface area contributed by atoms with Crippen LogP contribution in [0.25, 0.3) is 6.08 Å². The number of carbonyl (C=O) groups is 3. The van der Waals surface area contributed by atoms with Crippen LogP contribution in [0.3, 0.4) is 0 Å². The van der Waals surface area contributed by atoms with Gasteiger partial charge in [0.1, 0.15) is 11.8 Å². The van der Waals surface area contributed by atoms with E-state index in [4.69, 9.17) is 4.74 Å². The summed E-state index contributed by atoms with van der Waals surface area (Å²) in [5.74, 6) is 0.0582. The van der Waals surface area contributed by atoms with E-state index >= 15 is 0 Å². The molecule has 2 unspecified atom stereocenters. The molecule has 180 valence electrons. The third kappa shape index (κ3) is 6.47. The number of amides is 3. The lowest BCUT2D eigenvalue weighted by Crippen LogP contribution is -2.42. The Balaban J connectivity index is 1.56. The van der Waals surface area contributed by atoms with Gasteiger partial charge in [0.15, 0.2) is 0 Å². The molecule has 3 amide bonds. The van der Waals surface area contributed by atoms with E-state index in [0.29, 0.717) is 11.3 Å². The van der Waals surface area contributed by atoms with Crippen LogP contribution in [0.1, 0.15) is 54.6 Å². The average molecular weight is 464 g/mol. The fourth-order valence-electron chi connectivity index (χ4n) is 3.96. The molecule has 0 radical (unpaired) electrons. The third-order valence-corrected chi connectivity index (χ3v) is 6.09. The number of methoxy groups -OCH3 is 1. The second kappa shape index (κ2) is 11.5. The van der Waals surface area contributed by atoms with Crippen LogP contribution in [0.4, 0.5) is 5.69 Å². The van der Waals surface area contributed by atoms with Gasteiger partial charge in [-0.05, 0) is 87.6 Å². The molecule has 0 saturated carbocycles. The number of ether oxygens (including phenoxy) is 1. The zero-order valence-electron chi connectivity index (χ0n) is 20.3. The van der Waals surface area contributed by atoms with E-state index in [0.717, 1.165) is 42.7 Å². The maximum Gasteiger partial charge on any atom is 0.254 e. The topological polar surface area (TPSA) is 87.7 Å². The Morgan fingerprint density at radius 2 is 1.85 bits per heavy atom. The first-order chi connectivity index (χ1) is 16.3. The Kier molecular flexibility index (Phi) is 8.46. The van der Waals surface area contributed by atoms with Gasteiger partial charge in [0, 0.05) is 29.9 Å². The lowest BCUT2D eigenvalue weighted by molar-refractivity contribution is -0.123. The van der Waals surface area contributed by atoms with Crippen molar-refractivity contribution in [2.24, 2.45) is 0 Å². The Labute approximate surface area is 201 Å². The molecule has 1 aliphatic heterocycles. The highest BCUT2D eigenvalue weighted by molar-refractivity contribution is 6.01. The number of benzene rings is 2. The quantitative estimate of drug-likeness (QED) is 0.603. The van der Waals surface area contributed by atoms with Crippen LogP contribution in [0.15, 0.2) is 48.5 Å². The third-order valence-electron chi connectivity index (χ3n) is 6.09. The number of anilines is 1. The number of likely N-dealkylation sites (tertiary alicyclic amines) is 1. The molecule has 1 aliphatic rings. The molecule has 2 atom stereocenters. The molecule has 7 nitrogen and oxygen atoms in total. The highest BCUT2D eigenvalue weighted by atomic mass is 16.5. The van der Waals surface area contributed by atoms with Crippen molar-refractivity contribution < 1.29 is 19.1 Å². The van der Waals surface area contributed by atoms with Crippen molar-refractivity contribution in [1.29, 1.82) is 0 Å². The summed E-state index contributed by atoms with van der Waals surface area (Å²) in [7, 11) is 1.59. The summed E-state index contributed by atoms with van der Waals surface area (Å²) in [5.41, 5.74) is 2.87. The van der Waals surface area contributed by atoms with Gasteiger partial charge in [0.05, 0.1) is 7.11 Å². The minimum Gasteiger partial charge on any atom is -0.497 e. The van der Waals surface area contributed by atoms with Gasteiger partial charge in [0.2, 0.25) is 11.8 Å². The smallest absolute Gasteiger partial charge is 0.254 e. The number of rotatable bonds is 7. The number of piperidine rings is 1. The summed E-state index contributed by atoms with van der Waals surface area (Å²) in [4.78, 5) is 39.7. The Hall–Kier alpha value is -3.61. The van der Waals surface area contributed by atoms with Crippen molar-refractivity contribution in [3.63, 3.8) is 0 Å². The van der Waals surface area contributed by atoms with Crippen molar-refractivity contribution in [1.82, 2.24) is 10.2 Å². The number of hydrogen-bond donors (Lipinski definition) is 2. The molecule has 1 saturated heterocycles. The number of nitrogens with zero attached hydrogens (tertiary/aromatic N) is 1. The fraction of sp³-hybridized carbons (Fsp3) is 0.370. The summed E-state index contributed by atoms with van der Waals surface area (Å²) in [6.07, 6.45) is 6.27. The van der Waals surface area contributed by atoms with Gasteiger partial charge in [-0.25, -0.2) is 0 Å². The van der Waals surface area contributed by atoms with Crippen LogP contribution in [0, 0.1) is 6.92 Å². The highest BCUT2D eigenvalue weighted by Gasteiger charge is 2.24. The lowest BCUT2D eigenvalue weighted by Gasteiger charge is -2.33. The van der Waals surface area contributed by atoms with E-state index in [1.54, 1.807) is 38.3 Å². The molecular weight excluding hydrogens is 430 g/mol. The number of hydrogen-bond acceptors (Lipinski definition) is 4. The molecule has 1 fully saturated rings.